The van der Waals surface area contributed by atoms with Gasteiger partial charge in [0.25, 0.3) is 5.56 Å². The Morgan fingerprint density at radius 3 is 2.54 bits per heavy atom. The summed E-state index contributed by atoms with van der Waals surface area (Å²) in [6.45, 7) is 5.65. The van der Waals surface area contributed by atoms with Gasteiger partial charge >= 0.3 is 5.69 Å². The molecule has 132 valence electrons. The van der Waals surface area contributed by atoms with Crippen LogP contribution in [0.1, 0.15) is 20.8 Å². The van der Waals surface area contributed by atoms with E-state index >= 15 is 0 Å². The van der Waals surface area contributed by atoms with Crippen LogP contribution in [-0.2, 0) is 11.3 Å². The molecule has 4 N–H and O–H groups in total. The minimum absolute atomic E-state index is 0. The Bertz CT molecular complexity index is 843. The quantitative estimate of drug-likeness (QED) is 0.730. The number of para-hydroxylation sites is 1. The first-order valence-electron chi connectivity index (χ1n) is 7.51. The summed E-state index contributed by atoms with van der Waals surface area (Å²) >= 11 is 0. The summed E-state index contributed by atoms with van der Waals surface area (Å²) in [5.74, 6) is -0.308. The number of nitrogens with one attached hydrogen (secondary N) is 2. The molecule has 0 aliphatic heterocycles. The monoisotopic (exact) mass is 354 g/mol. The number of aromatic amines is 1. The molecule has 1 aromatic heterocycles. The first kappa shape index (κ1) is 19.9. The summed E-state index contributed by atoms with van der Waals surface area (Å²) in [5.41, 5.74) is 4.50. The Morgan fingerprint density at radius 1 is 1.33 bits per heavy atom. The van der Waals surface area contributed by atoms with Gasteiger partial charge < -0.3 is 16.0 Å². The molecule has 0 radical (unpaired) electrons. The van der Waals surface area contributed by atoms with Crippen LogP contribution in [-0.4, -0.2) is 27.5 Å². The zero-order valence-corrected chi connectivity index (χ0v) is 14.8. The molecule has 7 nitrogen and oxygen atoms in total. The summed E-state index contributed by atoms with van der Waals surface area (Å²) < 4.78 is 0.898. The van der Waals surface area contributed by atoms with Crippen LogP contribution in [0.2, 0.25) is 0 Å². The summed E-state index contributed by atoms with van der Waals surface area (Å²) in [7, 11) is 0. The molecule has 2 aromatic rings. The fourth-order valence-electron chi connectivity index (χ4n) is 2.28. The van der Waals surface area contributed by atoms with Crippen molar-refractivity contribution >= 4 is 29.2 Å². The Balaban J connectivity index is 0.00000288. The van der Waals surface area contributed by atoms with Crippen LogP contribution in [0.25, 0.3) is 10.9 Å². The predicted molar refractivity (Wildman–Crippen MR) is 96.5 cm³/mol. The fourth-order valence-corrected chi connectivity index (χ4v) is 2.28. The molecule has 0 fully saturated rings. The average Bonchev–Trinajstić information content (AvgIpc) is 2.51. The zero-order valence-electron chi connectivity index (χ0n) is 14.0. The number of fused-ring (bicyclic) bond motifs is 1. The number of hydrogen-bond donors (Lipinski definition) is 3. The van der Waals surface area contributed by atoms with Crippen LogP contribution in [0.4, 0.5) is 0 Å². The van der Waals surface area contributed by atoms with Crippen molar-refractivity contribution in [2.24, 2.45) is 11.7 Å². The lowest BCUT2D eigenvalue weighted by molar-refractivity contribution is -0.124. The topological polar surface area (TPSA) is 110 Å². The van der Waals surface area contributed by atoms with Crippen molar-refractivity contribution in [1.82, 2.24) is 14.9 Å². The molecule has 1 unspecified atom stereocenters. The van der Waals surface area contributed by atoms with E-state index in [1.165, 1.54) is 0 Å². The standard InChI is InChI=1S/C16H22N4O3.ClH/c1-10(2)16(3,9-17)19-13(21)8-20-14(22)11-6-4-5-7-12(11)18-15(20)23;/h4-7,10H,8-9,17H2,1-3H3,(H,18,23)(H,19,21);1H. The summed E-state index contributed by atoms with van der Waals surface area (Å²) in [4.78, 5) is 39.3. The van der Waals surface area contributed by atoms with Crippen molar-refractivity contribution in [3.8, 4) is 0 Å². The van der Waals surface area contributed by atoms with Crippen LogP contribution < -0.4 is 22.3 Å². The van der Waals surface area contributed by atoms with E-state index in [0.29, 0.717) is 10.9 Å². The van der Waals surface area contributed by atoms with E-state index < -0.39 is 22.7 Å². The Labute approximate surface area is 145 Å². The third-order valence-electron chi connectivity index (χ3n) is 4.31. The highest BCUT2D eigenvalue weighted by Crippen LogP contribution is 2.14. The molecule has 0 bridgehead atoms. The van der Waals surface area contributed by atoms with Gasteiger partial charge in [0.1, 0.15) is 6.54 Å². The number of aromatic nitrogens is 2. The first-order chi connectivity index (χ1) is 10.8. The van der Waals surface area contributed by atoms with Gasteiger partial charge in [0.2, 0.25) is 5.91 Å². The molecule has 2 rings (SSSR count). The third-order valence-corrected chi connectivity index (χ3v) is 4.31. The number of nitrogens with two attached hydrogens (primary N) is 1. The lowest BCUT2D eigenvalue weighted by Crippen LogP contribution is -2.56. The lowest BCUT2D eigenvalue weighted by atomic mass is 9.88. The number of H-pyrrole nitrogens is 1. The van der Waals surface area contributed by atoms with Crippen molar-refractivity contribution in [3.05, 3.63) is 45.1 Å². The number of benzene rings is 1. The van der Waals surface area contributed by atoms with Gasteiger partial charge in [-0.3, -0.25) is 14.2 Å². The highest BCUT2D eigenvalue weighted by Gasteiger charge is 2.28. The van der Waals surface area contributed by atoms with Crippen molar-refractivity contribution in [1.29, 1.82) is 0 Å². The maximum Gasteiger partial charge on any atom is 0.329 e. The Kier molecular flexibility index (Phi) is 6.34. The first-order valence-corrected chi connectivity index (χ1v) is 7.51. The third kappa shape index (κ3) is 3.85. The molecule has 0 aliphatic rings. The number of halogens is 1. The number of carbonyl (C=O) groups is 1. The second-order valence-corrected chi connectivity index (χ2v) is 6.19. The fraction of sp³-hybridized carbons (Fsp3) is 0.438. The van der Waals surface area contributed by atoms with E-state index in [-0.39, 0.29) is 31.4 Å². The normalized spacial score (nSPS) is 13.4. The van der Waals surface area contributed by atoms with E-state index in [2.05, 4.69) is 10.3 Å². The van der Waals surface area contributed by atoms with Crippen LogP contribution >= 0.6 is 12.4 Å². The lowest BCUT2D eigenvalue weighted by Gasteiger charge is -2.33. The minimum Gasteiger partial charge on any atom is -0.348 e. The predicted octanol–water partition coefficient (Wildman–Crippen LogP) is 0.601. The summed E-state index contributed by atoms with van der Waals surface area (Å²) in [6.07, 6.45) is 0. The molecule has 0 saturated carbocycles. The number of nitrogens with zero attached hydrogens (tertiary/aromatic N) is 1. The average molecular weight is 355 g/mol. The van der Waals surface area contributed by atoms with Gasteiger partial charge in [-0.05, 0) is 25.0 Å². The highest BCUT2D eigenvalue weighted by molar-refractivity contribution is 5.85. The molecule has 1 amide bonds. The SMILES string of the molecule is CC(C)C(C)(CN)NC(=O)Cn1c(=O)[nH]c2ccccc2c1=O.Cl. The molecular formula is C16H23ClN4O3. The number of carbonyl (C=O) groups excluding carboxylic acids is 1. The molecule has 0 aliphatic carbocycles. The van der Waals surface area contributed by atoms with Gasteiger partial charge in [-0.2, -0.15) is 0 Å². The molecule has 1 heterocycles. The zero-order chi connectivity index (χ0) is 17.2. The Hall–Kier alpha value is -2.12. The summed E-state index contributed by atoms with van der Waals surface area (Å²) in [6, 6.07) is 6.69. The molecule has 0 saturated heterocycles. The van der Waals surface area contributed by atoms with Crippen LogP contribution in [0.15, 0.2) is 33.9 Å². The van der Waals surface area contributed by atoms with E-state index in [1.54, 1.807) is 24.3 Å². The van der Waals surface area contributed by atoms with E-state index in [0.717, 1.165) is 4.57 Å². The second kappa shape index (κ2) is 7.63. The van der Waals surface area contributed by atoms with Gasteiger partial charge in [0.15, 0.2) is 0 Å². The van der Waals surface area contributed by atoms with Gasteiger partial charge in [0.05, 0.1) is 16.4 Å². The number of hydrogen-bond acceptors (Lipinski definition) is 4. The molecule has 0 spiro atoms. The van der Waals surface area contributed by atoms with Crippen molar-refractivity contribution in [2.75, 3.05) is 6.54 Å². The van der Waals surface area contributed by atoms with Crippen LogP contribution in [0.3, 0.4) is 0 Å². The van der Waals surface area contributed by atoms with E-state index in [9.17, 15) is 14.4 Å². The molecular weight excluding hydrogens is 332 g/mol. The van der Waals surface area contributed by atoms with Gasteiger partial charge in [-0.1, -0.05) is 26.0 Å². The second-order valence-electron chi connectivity index (χ2n) is 6.19. The van der Waals surface area contributed by atoms with E-state index in [4.69, 9.17) is 5.73 Å². The number of amides is 1. The van der Waals surface area contributed by atoms with Crippen molar-refractivity contribution in [2.45, 2.75) is 32.9 Å². The highest BCUT2D eigenvalue weighted by atomic mass is 35.5. The number of rotatable bonds is 5. The van der Waals surface area contributed by atoms with Crippen LogP contribution in [0.5, 0.6) is 0 Å². The molecule has 1 atom stereocenters. The summed E-state index contributed by atoms with van der Waals surface area (Å²) in [5, 5.41) is 3.18. The molecule has 1 aromatic carbocycles. The van der Waals surface area contributed by atoms with Gasteiger partial charge in [-0.25, -0.2) is 4.79 Å². The minimum atomic E-state index is -0.608. The smallest absolute Gasteiger partial charge is 0.329 e. The van der Waals surface area contributed by atoms with Crippen LogP contribution in [0, 0.1) is 5.92 Å². The van der Waals surface area contributed by atoms with E-state index in [1.807, 2.05) is 20.8 Å². The molecule has 24 heavy (non-hydrogen) atoms. The largest absolute Gasteiger partial charge is 0.348 e. The maximum absolute atomic E-state index is 12.4. The van der Waals surface area contributed by atoms with Crippen molar-refractivity contribution < 1.29 is 4.79 Å². The maximum atomic E-state index is 12.4. The molecule has 8 heteroatoms. The van der Waals surface area contributed by atoms with Crippen molar-refractivity contribution in [3.63, 3.8) is 0 Å². The van der Waals surface area contributed by atoms with Gasteiger partial charge in [0, 0.05) is 6.54 Å². The Morgan fingerprint density at radius 2 is 1.96 bits per heavy atom. The van der Waals surface area contributed by atoms with Gasteiger partial charge in [-0.15, -0.1) is 12.4 Å².